The van der Waals surface area contributed by atoms with Crippen molar-refractivity contribution in [2.75, 3.05) is 27.1 Å². The lowest BCUT2D eigenvalue weighted by Crippen LogP contribution is -2.57. The van der Waals surface area contributed by atoms with E-state index in [4.69, 9.17) is 33.7 Å². The lowest BCUT2D eigenvalue weighted by atomic mass is 9.86. The van der Waals surface area contributed by atoms with Crippen LogP contribution >= 0.6 is 0 Å². The summed E-state index contributed by atoms with van der Waals surface area (Å²) >= 11 is 0. The van der Waals surface area contributed by atoms with E-state index in [0.717, 1.165) is 94.4 Å². The fourth-order valence-corrected chi connectivity index (χ4v) is 9.36. The van der Waals surface area contributed by atoms with Gasteiger partial charge >= 0.3 is 6.09 Å². The van der Waals surface area contributed by atoms with Crippen molar-refractivity contribution in [1.82, 2.24) is 35.1 Å². The normalized spacial score (nSPS) is 23.2. The summed E-state index contributed by atoms with van der Waals surface area (Å²) in [5.41, 5.74) is 8.99. The van der Waals surface area contributed by atoms with Crippen molar-refractivity contribution in [2.45, 2.75) is 116 Å². The Bertz CT molecular complexity index is 2200. The highest BCUT2D eigenvalue weighted by atomic mass is 16.9. The van der Waals surface area contributed by atoms with Crippen LogP contribution in [0, 0.1) is 11.8 Å². The first-order valence-electron chi connectivity index (χ1n) is 20.7. The molecule has 2 amide bonds. The number of aromatic amines is 2. The van der Waals surface area contributed by atoms with Gasteiger partial charge in [0.05, 0.1) is 48.0 Å². The van der Waals surface area contributed by atoms with Crippen molar-refractivity contribution in [3.05, 3.63) is 65.0 Å². The van der Waals surface area contributed by atoms with Crippen molar-refractivity contribution in [3.8, 4) is 39.4 Å². The van der Waals surface area contributed by atoms with Crippen LogP contribution < -0.4 is 10.1 Å². The molecule has 0 bridgehead atoms. The number of H-pyrrole nitrogens is 2. The standard InChI is InChI=1S/C44H55N7O7/c1-23(2)37(49-42-56-22-57-42)41(52)51-24(3)8-13-34(51)39-45-18-33(47-39)27-9-11-29-28(15-27)21-55-36-17-30-26(16-31(29)36)10-12-32-38(30)48-40(46-32)35-14-25(20-54-7)19-50(35)43(53)58-44(4,5)6/h9,11,15-18,23-25,34-35,37,42,49H,8,10,12-14,19-22H2,1-7H3,(H,45,47)(H,46,48)/t24-,25-,34-,35-,37-/m0/s1. The molecule has 5 aliphatic rings. The molecule has 6 heterocycles. The predicted octanol–water partition coefficient (Wildman–Crippen LogP) is 7.02. The number of nitrogens with one attached hydrogen (secondary N) is 3. The zero-order valence-electron chi connectivity index (χ0n) is 34.5. The number of methoxy groups -OCH3 is 1. The first kappa shape index (κ1) is 38.7. The number of rotatable bonds is 9. The molecule has 4 aliphatic heterocycles. The van der Waals surface area contributed by atoms with E-state index in [2.05, 4.69) is 52.5 Å². The van der Waals surface area contributed by atoms with E-state index in [1.165, 1.54) is 5.56 Å². The van der Waals surface area contributed by atoms with Gasteiger partial charge in [0.1, 0.15) is 29.6 Å². The van der Waals surface area contributed by atoms with Crippen LogP contribution in [0.3, 0.4) is 0 Å². The summed E-state index contributed by atoms with van der Waals surface area (Å²) in [7, 11) is 1.70. The Morgan fingerprint density at radius 2 is 1.83 bits per heavy atom. The zero-order chi connectivity index (χ0) is 40.5. The second kappa shape index (κ2) is 15.1. The van der Waals surface area contributed by atoms with Gasteiger partial charge in [-0.1, -0.05) is 26.0 Å². The number of nitrogens with zero attached hydrogens (tertiary/aromatic N) is 4. The summed E-state index contributed by atoms with van der Waals surface area (Å²) in [5.74, 6) is 2.70. The van der Waals surface area contributed by atoms with Gasteiger partial charge in [-0.15, -0.1) is 0 Å². The number of ether oxygens (including phenoxy) is 5. The number of hydrogen-bond acceptors (Lipinski definition) is 10. The smallest absolute Gasteiger partial charge is 0.410 e. The highest BCUT2D eigenvalue weighted by molar-refractivity contribution is 5.84. The molecule has 9 rings (SSSR count). The van der Waals surface area contributed by atoms with Gasteiger partial charge in [0.2, 0.25) is 12.3 Å². The van der Waals surface area contributed by atoms with Crippen LogP contribution in [0.5, 0.6) is 5.75 Å². The largest absolute Gasteiger partial charge is 0.488 e. The van der Waals surface area contributed by atoms with Gasteiger partial charge in [-0.05, 0) is 106 Å². The minimum Gasteiger partial charge on any atom is -0.488 e. The monoisotopic (exact) mass is 793 g/mol. The molecule has 2 aromatic heterocycles. The number of carbonyl (C=O) groups excluding carboxylic acids is 2. The van der Waals surface area contributed by atoms with Crippen LogP contribution in [-0.4, -0.2) is 92.9 Å². The van der Waals surface area contributed by atoms with Crippen LogP contribution in [0.2, 0.25) is 0 Å². The third-order valence-corrected chi connectivity index (χ3v) is 12.2. The van der Waals surface area contributed by atoms with E-state index in [1.807, 2.05) is 45.7 Å². The Morgan fingerprint density at radius 1 is 1.00 bits per heavy atom. The number of likely N-dealkylation sites (tertiary alicyclic amines) is 2. The molecule has 1 aliphatic carbocycles. The Hall–Kier alpha value is -4.76. The molecule has 5 atom stereocenters. The van der Waals surface area contributed by atoms with Crippen molar-refractivity contribution in [3.63, 3.8) is 0 Å². The van der Waals surface area contributed by atoms with Gasteiger partial charge in [-0.3, -0.25) is 15.0 Å². The number of amides is 2. The lowest BCUT2D eigenvalue weighted by molar-refractivity contribution is -0.335. The first-order valence-corrected chi connectivity index (χ1v) is 20.7. The molecule has 58 heavy (non-hydrogen) atoms. The third-order valence-electron chi connectivity index (χ3n) is 12.2. The summed E-state index contributed by atoms with van der Waals surface area (Å²) < 4.78 is 28.6. The molecular formula is C44H55N7O7. The Morgan fingerprint density at radius 3 is 2.57 bits per heavy atom. The molecule has 4 aromatic rings. The van der Waals surface area contributed by atoms with Gasteiger partial charge in [0.15, 0.2) is 6.79 Å². The zero-order valence-corrected chi connectivity index (χ0v) is 34.5. The summed E-state index contributed by atoms with van der Waals surface area (Å²) in [6.45, 7) is 13.6. The topological polar surface area (TPSA) is 156 Å². The van der Waals surface area contributed by atoms with E-state index in [0.29, 0.717) is 19.8 Å². The number of fused-ring (bicyclic) bond motifs is 6. The van der Waals surface area contributed by atoms with E-state index >= 15 is 0 Å². The fraction of sp³-hybridized carbons (Fsp3) is 0.545. The van der Waals surface area contributed by atoms with E-state index in [1.54, 1.807) is 12.0 Å². The molecule has 0 spiro atoms. The van der Waals surface area contributed by atoms with E-state index in [-0.39, 0.29) is 48.8 Å². The Kier molecular flexibility index (Phi) is 10.1. The lowest BCUT2D eigenvalue weighted by Gasteiger charge is -2.37. The molecule has 14 heteroatoms. The third kappa shape index (κ3) is 7.18. The van der Waals surface area contributed by atoms with Crippen LogP contribution in [-0.2, 0) is 43.2 Å². The highest BCUT2D eigenvalue weighted by Crippen LogP contribution is 2.46. The Balaban J connectivity index is 0.947. The molecular weight excluding hydrogens is 739 g/mol. The van der Waals surface area contributed by atoms with Crippen molar-refractivity contribution in [2.24, 2.45) is 11.8 Å². The molecule has 3 N–H and O–H groups in total. The fourth-order valence-electron chi connectivity index (χ4n) is 9.36. The first-order chi connectivity index (χ1) is 27.8. The molecule has 3 saturated heterocycles. The van der Waals surface area contributed by atoms with Gasteiger partial charge in [-0.2, -0.15) is 0 Å². The molecule has 0 radical (unpaired) electrons. The molecule has 0 unspecified atom stereocenters. The van der Waals surface area contributed by atoms with Gasteiger partial charge in [0.25, 0.3) is 0 Å². The number of benzene rings is 2. The number of hydrogen-bond donors (Lipinski definition) is 3. The molecule has 308 valence electrons. The SMILES string of the molecule is COC[C@H]1C[C@@H](c2nc3c([nH]2)-c2cc4c(cc2CC3)-c2ccc(-c3cnc([C@@H]5CC[C@H](C)N5C(=O)[C@@H](NC5OCO5)C(C)C)[nH]3)cc2CO4)N(C(=O)OC(C)(C)C)C1. The minimum atomic E-state index is -0.596. The molecule has 0 saturated carbocycles. The van der Waals surface area contributed by atoms with Crippen molar-refractivity contribution >= 4 is 12.0 Å². The molecule has 3 fully saturated rings. The van der Waals surface area contributed by atoms with Crippen LogP contribution in [0.1, 0.15) is 101 Å². The van der Waals surface area contributed by atoms with Gasteiger partial charge in [0, 0.05) is 36.7 Å². The average Bonchev–Trinajstić information content (AvgIpc) is 3.98. The Labute approximate surface area is 339 Å². The van der Waals surface area contributed by atoms with Gasteiger partial charge < -0.3 is 38.6 Å². The summed E-state index contributed by atoms with van der Waals surface area (Å²) in [6, 6.07) is 10.2. The number of carbonyl (C=O) groups is 2. The molecule has 14 nitrogen and oxygen atoms in total. The quantitative estimate of drug-likeness (QED) is 0.161. The predicted molar refractivity (Wildman–Crippen MR) is 215 cm³/mol. The van der Waals surface area contributed by atoms with Gasteiger partial charge in [-0.25, -0.2) is 14.8 Å². The second-order valence-electron chi connectivity index (χ2n) is 17.9. The summed E-state index contributed by atoms with van der Waals surface area (Å²) in [5, 5.41) is 3.24. The summed E-state index contributed by atoms with van der Waals surface area (Å²) in [4.78, 5) is 48.3. The second-order valence-corrected chi connectivity index (χ2v) is 17.9. The van der Waals surface area contributed by atoms with Crippen molar-refractivity contribution in [1.29, 1.82) is 0 Å². The maximum atomic E-state index is 14.0. The maximum Gasteiger partial charge on any atom is 0.410 e. The maximum absolute atomic E-state index is 14.0. The summed E-state index contributed by atoms with van der Waals surface area (Å²) in [6.07, 6.45) is 5.13. The van der Waals surface area contributed by atoms with Crippen LogP contribution in [0.15, 0.2) is 36.5 Å². The number of imidazole rings is 2. The average molecular weight is 794 g/mol. The molecule has 2 aromatic carbocycles. The van der Waals surface area contributed by atoms with Crippen LogP contribution in [0.25, 0.3) is 33.6 Å². The van der Waals surface area contributed by atoms with E-state index < -0.39 is 18.1 Å². The van der Waals surface area contributed by atoms with Crippen molar-refractivity contribution < 1.29 is 33.3 Å². The number of aryl methyl sites for hydroxylation is 2. The van der Waals surface area contributed by atoms with E-state index in [9.17, 15) is 9.59 Å². The van der Waals surface area contributed by atoms with Crippen LogP contribution in [0.4, 0.5) is 4.79 Å². The number of aromatic nitrogens is 4. The minimum absolute atomic E-state index is 0.0350. The highest BCUT2D eigenvalue weighted by Gasteiger charge is 2.43.